The zero-order valence-corrected chi connectivity index (χ0v) is 16.8. The van der Waals surface area contributed by atoms with E-state index >= 15 is 0 Å². The molecular weight excluding hydrogens is 391 g/mol. The molecular formula is C22H23FN2O5. The van der Waals surface area contributed by atoms with Gasteiger partial charge in [0, 0.05) is 5.56 Å². The molecule has 8 heteroatoms. The van der Waals surface area contributed by atoms with Crippen LogP contribution in [0.4, 0.5) is 4.39 Å². The van der Waals surface area contributed by atoms with Crippen LogP contribution in [0.2, 0.25) is 0 Å². The van der Waals surface area contributed by atoms with Crippen LogP contribution in [0.5, 0.6) is 5.75 Å². The van der Waals surface area contributed by atoms with Crippen molar-refractivity contribution in [2.75, 3.05) is 20.3 Å². The number of nitrogens with one attached hydrogen (secondary N) is 1. The van der Waals surface area contributed by atoms with Gasteiger partial charge in [0.25, 0.3) is 0 Å². The number of hydrogen-bond donors (Lipinski definition) is 1. The monoisotopic (exact) mass is 414 g/mol. The second kappa shape index (κ2) is 8.02. The predicted octanol–water partition coefficient (Wildman–Crippen LogP) is 2.78. The van der Waals surface area contributed by atoms with E-state index in [-0.39, 0.29) is 19.3 Å². The van der Waals surface area contributed by atoms with Crippen LogP contribution in [0.1, 0.15) is 35.7 Å². The quantitative estimate of drug-likeness (QED) is 0.554. The fraction of sp³-hybridized carbons (Fsp3) is 0.409. The van der Waals surface area contributed by atoms with Crippen LogP contribution >= 0.6 is 0 Å². The molecule has 0 radical (unpaired) electrons. The Kier molecular flexibility index (Phi) is 5.42. The van der Waals surface area contributed by atoms with Crippen molar-refractivity contribution in [3.05, 3.63) is 47.7 Å². The number of carbonyl (C=O) groups excluding carboxylic acids is 2. The number of hydrogen-bond acceptors (Lipinski definition) is 6. The van der Waals surface area contributed by atoms with Gasteiger partial charge in [-0.2, -0.15) is 0 Å². The Hall–Kier alpha value is -3.00. The number of halogens is 1. The van der Waals surface area contributed by atoms with Crippen molar-refractivity contribution < 1.29 is 28.2 Å². The molecule has 0 bridgehead atoms. The third-order valence-electron chi connectivity index (χ3n) is 5.27. The number of benzene rings is 1. The van der Waals surface area contributed by atoms with Crippen molar-refractivity contribution in [1.29, 1.82) is 0 Å². The molecule has 2 aromatic rings. The molecule has 1 aromatic heterocycles. The molecule has 1 atom stereocenters. The fourth-order valence-electron chi connectivity index (χ4n) is 3.38. The average molecular weight is 414 g/mol. The molecule has 1 aliphatic carbocycles. The minimum atomic E-state index is -1.45. The second-order valence-electron chi connectivity index (χ2n) is 7.62. The van der Waals surface area contributed by atoms with Gasteiger partial charge in [-0.05, 0) is 31.4 Å². The van der Waals surface area contributed by atoms with Crippen molar-refractivity contribution in [2.45, 2.75) is 37.6 Å². The van der Waals surface area contributed by atoms with Crippen LogP contribution in [-0.4, -0.2) is 49.6 Å². The first-order valence-electron chi connectivity index (χ1n) is 9.81. The normalized spacial score (nSPS) is 18.1. The van der Waals surface area contributed by atoms with Gasteiger partial charge in [0.1, 0.15) is 11.2 Å². The summed E-state index contributed by atoms with van der Waals surface area (Å²) in [6.07, 6.45) is 2.32. The van der Waals surface area contributed by atoms with Gasteiger partial charge in [0.05, 0.1) is 43.9 Å². The highest BCUT2D eigenvalue weighted by Gasteiger charge is 2.47. The van der Waals surface area contributed by atoms with Gasteiger partial charge in [-0.3, -0.25) is 9.78 Å². The molecule has 2 aliphatic rings. The highest BCUT2D eigenvalue weighted by molar-refractivity contribution is 5.96. The maximum absolute atomic E-state index is 13.3. The largest absolute Gasteiger partial charge is 0.489 e. The molecule has 1 unspecified atom stereocenters. The summed E-state index contributed by atoms with van der Waals surface area (Å²) in [5.74, 6) is -0.393. The first-order valence-corrected chi connectivity index (χ1v) is 9.81. The molecule has 7 nitrogen and oxygen atoms in total. The van der Waals surface area contributed by atoms with Gasteiger partial charge in [0.2, 0.25) is 5.91 Å². The molecule has 1 amide bonds. The molecule has 2 fully saturated rings. The lowest BCUT2D eigenvalue weighted by atomic mass is 9.77. The number of nitrogens with zero attached hydrogens (tertiary/aromatic N) is 1. The second-order valence-corrected chi connectivity index (χ2v) is 7.62. The van der Waals surface area contributed by atoms with Crippen LogP contribution in [0.15, 0.2) is 36.5 Å². The van der Waals surface area contributed by atoms with Crippen LogP contribution in [0, 0.1) is 0 Å². The maximum atomic E-state index is 13.3. The zero-order valence-electron chi connectivity index (χ0n) is 16.8. The Morgan fingerprint density at radius 1 is 1.27 bits per heavy atom. The minimum absolute atomic E-state index is 0.182. The average Bonchev–Trinajstić information content (AvgIpc) is 3.50. The third kappa shape index (κ3) is 3.87. The molecule has 1 saturated heterocycles. The molecule has 1 aliphatic heterocycles. The Morgan fingerprint density at radius 2 is 1.97 bits per heavy atom. The molecule has 1 aromatic carbocycles. The van der Waals surface area contributed by atoms with E-state index in [9.17, 15) is 14.0 Å². The third-order valence-corrected chi connectivity index (χ3v) is 5.27. The zero-order chi connectivity index (χ0) is 21.3. The topological polar surface area (TPSA) is 86.8 Å². The van der Waals surface area contributed by atoms with Crippen molar-refractivity contribution in [1.82, 2.24) is 10.3 Å². The predicted molar refractivity (Wildman–Crippen MR) is 106 cm³/mol. The molecule has 30 heavy (non-hydrogen) atoms. The number of carbonyl (C=O) groups is 2. The number of esters is 1. The fourth-order valence-corrected chi connectivity index (χ4v) is 3.38. The number of alkyl halides is 1. The highest BCUT2D eigenvalue weighted by atomic mass is 19.1. The van der Waals surface area contributed by atoms with E-state index in [1.54, 1.807) is 36.5 Å². The molecule has 4 rings (SSSR count). The van der Waals surface area contributed by atoms with Crippen LogP contribution in [-0.2, 0) is 19.7 Å². The van der Waals surface area contributed by atoms with Gasteiger partial charge < -0.3 is 19.5 Å². The molecule has 158 valence electrons. The van der Waals surface area contributed by atoms with Gasteiger partial charge >= 0.3 is 5.97 Å². The lowest BCUT2D eigenvalue weighted by molar-refractivity contribution is -0.146. The van der Waals surface area contributed by atoms with E-state index in [0.29, 0.717) is 28.1 Å². The summed E-state index contributed by atoms with van der Waals surface area (Å²) in [5.41, 5.74) is 1.24. The Morgan fingerprint density at radius 3 is 2.50 bits per heavy atom. The van der Waals surface area contributed by atoms with Crippen LogP contribution < -0.4 is 10.1 Å². The minimum Gasteiger partial charge on any atom is -0.489 e. The van der Waals surface area contributed by atoms with E-state index in [1.807, 2.05) is 0 Å². The number of amides is 1. The summed E-state index contributed by atoms with van der Waals surface area (Å²) in [4.78, 5) is 29.2. The molecule has 1 N–H and O–H groups in total. The van der Waals surface area contributed by atoms with Crippen molar-refractivity contribution in [2.24, 2.45) is 0 Å². The van der Waals surface area contributed by atoms with E-state index < -0.39 is 23.6 Å². The SMILES string of the molecule is COC(=O)c1cc(OC2CC2)cnc1-c1ccc(C2(C(=O)NC(C)F)COC2)cc1. The summed E-state index contributed by atoms with van der Waals surface area (Å²) in [5, 5.41) is 2.32. The number of ether oxygens (including phenoxy) is 3. The number of aromatic nitrogens is 1. The maximum Gasteiger partial charge on any atom is 0.340 e. The van der Waals surface area contributed by atoms with Crippen LogP contribution in [0.3, 0.4) is 0 Å². The van der Waals surface area contributed by atoms with Crippen molar-refractivity contribution in [3.63, 3.8) is 0 Å². The highest BCUT2D eigenvalue weighted by Crippen LogP contribution is 2.35. The summed E-state index contributed by atoms with van der Waals surface area (Å²) >= 11 is 0. The Balaban J connectivity index is 1.63. The smallest absolute Gasteiger partial charge is 0.340 e. The first-order chi connectivity index (χ1) is 14.4. The molecule has 1 saturated carbocycles. The lowest BCUT2D eigenvalue weighted by Gasteiger charge is -2.40. The Bertz CT molecular complexity index is 953. The van der Waals surface area contributed by atoms with Crippen LogP contribution in [0.25, 0.3) is 11.3 Å². The Labute approximate surface area is 173 Å². The van der Waals surface area contributed by atoms with Gasteiger partial charge in [-0.1, -0.05) is 24.3 Å². The van der Waals surface area contributed by atoms with E-state index in [2.05, 4.69) is 10.3 Å². The van der Waals surface area contributed by atoms with E-state index in [4.69, 9.17) is 14.2 Å². The number of rotatable bonds is 7. The lowest BCUT2D eigenvalue weighted by Crippen LogP contribution is -2.58. The standard InChI is InChI=1S/C22H23FN2O5/c1-13(23)25-21(27)22(11-29-12-22)15-5-3-14(4-6-15)19-18(20(26)28-2)9-17(10-24-19)30-16-7-8-16/h3-6,9-10,13,16H,7-8,11-12H2,1-2H3,(H,25,27). The van der Waals surface area contributed by atoms with Gasteiger partial charge in [0.15, 0.2) is 6.30 Å². The van der Waals surface area contributed by atoms with Crippen molar-refractivity contribution in [3.8, 4) is 17.0 Å². The van der Waals surface area contributed by atoms with Gasteiger partial charge in [-0.25, -0.2) is 9.18 Å². The summed E-state index contributed by atoms with van der Waals surface area (Å²) in [6.45, 7) is 1.64. The van der Waals surface area contributed by atoms with Crippen molar-refractivity contribution >= 4 is 11.9 Å². The number of pyridine rings is 1. The van der Waals surface area contributed by atoms with Gasteiger partial charge in [-0.15, -0.1) is 0 Å². The molecule has 2 heterocycles. The summed E-state index contributed by atoms with van der Waals surface area (Å²) in [6, 6.07) is 8.74. The molecule has 0 spiro atoms. The summed E-state index contributed by atoms with van der Waals surface area (Å²) in [7, 11) is 1.31. The number of methoxy groups -OCH3 is 1. The summed E-state index contributed by atoms with van der Waals surface area (Å²) < 4.78 is 29.2. The van der Waals surface area contributed by atoms with E-state index in [0.717, 1.165) is 12.8 Å². The first kappa shape index (κ1) is 20.3. The van der Waals surface area contributed by atoms with E-state index in [1.165, 1.54) is 14.0 Å².